The molecule has 0 unspecified atom stereocenters. The molecule has 1 aliphatic carbocycles. The Morgan fingerprint density at radius 1 is 1.06 bits per heavy atom. The summed E-state index contributed by atoms with van der Waals surface area (Å²) in [5.74, 6) is -0.873. The summed E-state index contributed by atoms with van der Waals surface area (Å²) in [5, 5.41) is 0. The van der Waals surface area contributed by atoms with Gasteiger partial charge in [0, 0.05) is 30.5 Å². The van der Waals surface area contributed by atoms with E-state index in [1.165, 1.54) is 60.0 Å². The molecule has 172 valence electrons. The van der Waals surface area contributed by atoms with Gasteiger partial charge in [0.25, 0.3) is 5.91 Å². The first-order valence-corrected chi connectivity index (χ1v) is 12.7. The van der Waals surface area contributed by atoms with E-state index in [1.54, 1.807) is 0 Å². The van der Waals surface area contributed by atoms with Crippen molar-refractivity contribution >= 4 is 39.0 Å². The van der Waals surface area contributed by atoms with Crippen LogP contribution in [0.15, 0.2) is 35.2 Å². The highest BCUT2D eigenvalue weighted by molar-refractivity contribution is 7.89. The van der Waals surface area contributed by atoms with Crippen molar-refractivity contribution in [2.24, 2.45) is 0 Å². The standard InChI is InChI=1S/C22H27N3O5S2/c1-15(26)16-9-11-18(12-10-16)32(29,30)25(2)13-5-8-21(27)23-24-22(28)20-14-17-6-3-4-7-19(17)31-20/h9-12,14H,3-8,13H2,1-2H3,(H,23,27)(H,24,28). The molecule has 0 saturated carbocycles. The lowest BCUT2D eigenvalue weighted by Crippen LogP contribution is -2.41. The van der Waals surface area contributed by atoms with Crippen molar-refractivity contribution in [1.82, 2.24) is 15.2 Å². The van der Waals surface area contributed by atoms with Crippen LogP contribution in [-0.4, -0.2) is 43.9 Å². The highest BCUT2D eigenvalue weighted by Crippen LogP contribution is 2.29. The summed E-state index contributed by atoms with van der Waals surface area (Å²) in [6.07, 6.45) is 4.61. The Labute approximate surface area is 192 Å². The third kappa shape index (κ3) is 5.81. The van der Waals surface area contributed by atoms with Gasteiger partial charge in [-0.05, 0) is 62.8 Å². The maximum atomic E-state index is 12.6. The van der Waals surface area contributed by atoms with Gasteiger partial charge in [0.15, 0.2) is 5.78 Å². The maximum Gasteiger partial charge on any atom is 0.279 e. The van der Waals surface area contributed by atoms with Gasteiger partial charge in [0.2, 0.25) is 15.9 Å². The molecule has 1 heterocycles. The lowest BCUT2D eigenvalue weighted by molar-refractivity contribution is -0.122. The fourth-order valence-corrected chi connectivity index (χ4v) is 5.84. The number of amides is 2. The summed E-state index contributed by atoms with van der Waals surface area (Å²) < 4.78 is 26.4. The average Bonchev–Trinajstić information content (AvgIpc) is 3.22. The first-order valence-electron chi connectivity index (χ1n) is 10.5. The van der Waals surface area contributed by atoms with Gasteiger partial charge in [-0.25, -0.2) is 12.7 Å². The van der Waals surface area contributed by atoms with Crippen molar-refractivity contribution < 1.29 is 22.8 Å². The lowest BCUT2D eigenvalue weighted by Gasteiger charge is -2.17. The summed E-state index contributed by atoms with van der Waals surface area (Å²) in [5.41, 5.74) is 6.48. The number of Topliss-reactive ketones (excluding diaryl/α,β-unsaturated/α-hetero) is 1. The molecule has 0 aliphatic heterocycles. The smallest absolute Gasteiger partial charge is 0.279 e. The fourth-order valence-electron chi connectivity index (χ4n) is 3.48. The van der Waals surface area contributed by atoms with E-state index in [0.29, 0.717) is 10.4 Å². The van der Waals surface area contributed by atoms with Crippen LogP contribution >= 0.6 is 11.3 Å². The Morgan fingerprint density at radius 3 is 2.41 bits per heavy atom. The van der Waals surface area contributed by atoms with Crippen LogP contribution in [0.25, 0.3) is 0 Å². The topological polar surface area (TPSA) is 113 Å². The van der Waals surface area contributed by atoms with Gasteiger partial charge in [0.1, 0.15) is 0 Å². The predicted octanol–water partition coefficient (Wildman–Crippen LogP) is 2.69. The quantitative estimate of drug-likeness (QED) is 0.448. The monoisotopic (exact) mass is 477 g/mol. The molecule has 0 radical (unpaired) electrons. The first-order chi connectivity index (χ1) is 15.2. The normalized spacial score (nSPS) is 13.5. The number of ketones is 1. The van der Waals surface area contributed by atoms with Crippen molar-refractivity contribution in [3.8, 4) is 0 Å². The molecule has 1 aromatic heterocycles. The Bertz CT molecular complexity index is 1080. The van der Waals surface area contributed by atoms with E-state index in [-0.39, 0.29) is 36.0 Å². The van der Waals surface area contributed by atoms with Crippen molar-refractivity contribution in [2.45, 2.75) is 50.3 Å². The van der Waals surface area contributed by atoms with Crippen LogP contribution in [0.1, 0.15) is 63.1 Å². The Hall–Kier alpha value is -2.56. The molecule has 0 atom stereocenters. The summed E-state index contributed by atoms with van der Waals surface area (Å²) in [6.45, 7) is 1.55. The molecule has 0 fully saturated rings. The van der Waals surface area contributed by atoms with Crippen molar-refractivity contribution in [2.75, 3.05) is 13.6 Å². The Kier molecular flexibility index (Phi) is 7.81. The minimum absolute atomic E-state index is 0.0599. The number of aryl methyl sites for hydroxylation is 2. The van der Waals surface area contributed by atoms with Gasteiger partial charge in [-0.2, -0.15) is 0 Å². The molecule has 2 amide bonds. The zero-order chi connectivity index (χ0) is 23.3. The van der Waals surface area contributed by atoms with Gasteiger partial charge in [0.05, 0.1) is 9.77 Å². The number of nitrogens with zero attached hydrogens (tertiary/aromatic N) is 1. The van der Waals surface area contributed by atoms with Crippen LogP contribution in [-0.2, 0) is 27.7 Å². The van der Waals surface area contributed by atoms with E-state index in [0.717, 1.165) is 30.0 Å². The second kappa shape index (κ2) is 10.4. The second-order valence-corrected chi connectivity index (χ2v) is 11.0. The molecule has 0 spiro atoms. The van der Waals surface area contributed by atoms with Crippen molar-refractivity contribution in [1.29, 1.82) is 0 Å². The largest absolute Gasteiger partial charge is 0.295 e. The van der Waals surface area contributed by atoms with Crippen LogP contribution in [0.2, 0.25) is 0 Å². The number of rotatable bonds is 8. The van der Waals surface area contributed by atoms with Gasteiger partial charge in [-0.3, -0.25) is 25.2 Å². The number of carbonyl (C=O) groups excluding carboxylic acids is 3. The van der Waals surface area contributed by atoms with Crippen LogP contribution in [0.4, 0.5) is 0 Å². The van der Waals surface area contributed by atoms with Gasteiger partial charge < -0.3 is 0 Å². The molecule has 0 saturated heterocycles. The van der Waals surface area contributed by atoms with Crippen molar-refractivity contribution in [3.63, 3.8) is 0 Å². The summed E-state index contributed by atoms with van der Waals surface area (Å²) >= 11 is 1.46. The molecule has 2 aromatic rings. The third-order valence-corrected chi connectivity index (χ3v) is 8.49. The van der Waals surface area contributed by atoms with E-state index < -0.39 is 15.9 Å². The highest BCUT2D eigenvalue weighted by atomic mass is 32.2. The number of thiophene rings is 1. The van der Waals surface area contributed by atoms with E-state index in [1.807, 2.05) is 6.07 Å². The minimum atomic E-state index is -3.72. The van der Waals surface area contributed by atoms with E-state index in [2.05, 4.69) is 10.9 Å². The third-order valence-electron chi connectivity index (χ3n) is 5.38. The Balaban J connectivity index is 1.44. The zero-order valence-corrected chi connectivity index (χ0v) is 19.8. The summed E-state index contributed by atoms with van der Waals surface area (Å²) in [4.78, 5) is 37.6. The highest BCUT2D eigenvalue weighted by Gasteiger charge is 2.21. The average molecular weight is 478 g/mol. The minimum Gasteiger partial charge on any atom is -0.295 e. The molecule has 2 N–H and O–H groups in total. The number of hydrogen-bond acceptors (Lipinski definition) is 6. The first kappa shape index (κ1) is 24.1. The molecule has 32 heavy (non-hydrogen) atoms. The number of hydrogen-bond donors (Lipinski definition) is 2. The van der Waals surface area contributed by atoms with Crippen LogP contribution in [0.3, 0.4) is 0 Å². The molecule has 1 aliphatic rings. The lowest BCUT2D eigenvalue weighted by atomic mass is 9.99. The molecule has 1 aromatic carbocycles. The van der Waals surface area contributed by atoms with Gasteiger partial charge in [-0.15, -0.1) is 11.3 Å². The molecular weight excluding hydrogens is 450 g/mol. The number of nitrogens with one attached hydrogen (secondary N) is 2. The summed E-state index contributed by atoms with van der Waals surface area (Å²) in [7, 11) is -2.28. The van der Waals surface area contributed by atoms with E-state index in [4.69, 9.17) is 0 Å². The molecular formula is C22H27N3O5S2. The Morgan fingerprint density at radius 2 is 1.75 bits per heavy atom. The van der Waals surface area contributed by atoms with Crippen molar-refractivity contribution in [3.05, 3.63) is 51.2 Å². The van der Waals surface area contributed by atoms with Crippen LogP contribution < -0.4 is 10.9 Å². The fraction of sp³-hybridized carbons (Fsp3) is 0.409. The summed E-state index contributed by atoms with van der Waals surface area (Å²) in [6, 6.07) is 7.64. The van der Waals surface area contributed by atoms with Crippen LogP contribution in [0, 0.1) is 0 Å². The number of carbonyl (C=O) groups is 3. The molecule has 3 rings (SSSR count). The maximum absolute atomic E-state index is 12.6. The number of hydrazine groups is 1. The zero-order valence-electron chi connectivity index (χ0n) is 18.1. The van der Waals surface area contributed by atoms with Gasteiger partial charge in [-0.1, -0.05) is 12.1 Å². The van der Waals surface area contributed by atoms with E-state index >= 15 is 0 Å². The number of benzene rings is 1. The predicted molar refractivity (Wildman–Crippen MR) is 122 cm³/mol. The van der Waals surface area contributed by atoms with E-state index in [9.17, 15) is 22.8 Å². The SMILES string of the molecule is CC(=O)c1ccc(S(=O)(=O)N(C)CCCC(=O)NNC(=O)c2cc3c(s2)CCCC3)cc1. The van der Waals surface area contributed by atoms with Crippen LogP contribution in [0.5, 0.6) is 0 Å². The number of fused-ring (bicyclic) bond motifs is 1. The molecule has 0 bridgehead atoms. The number of sulfonamides is 1. The molecule has 10 heteroatoms. The van der Waals surface area contributed by atoms with Gasteiger partial charge >= 0.3 is 0 Å². The molecule has 8 nitrogen and oxygen atoms in total. The second-order valence-electron chi connectivity index (χ2n) is 7.78.